The molecule has 2 aliphatic rings. The molecule has 24 heavy (non-hydrogen) atoms. The molecule has 0 saturated carbocycles. The molecule has 0 radical (unpaired) electrons. The fraction of sp³-hybridized carbons (Fsp3) is 0.400. The Kier molecular flexibility index (Phi) is 4.30. The summed E-state index contributed by atoms with van der Waals surface area (Å²) < 4.78 is 0. The lowest BCUT2D eigenvalue weighted by Gasteiger charge is -2.25. The predicted molar refractivity (Wildman–Crippen MR) is 97.4 cm³/mol. The summed E-state index contributed by atoms with van der Waals surface area (Å²) in [6, 6.07) is 10.8. The topological polar surface area (TPSA) is 44.7 Å². The lowest BCUT2D eigenvalue weighted by atomic mass is 10.0. The summed E-state index contributed by atoms with van der Waals surface area (Å²) in [7, 11) is 0. The van der Waals surface area contributed by atoms with Crippen LogP contribution in [0, 0.1) is 0 Å². The maximum Gasteiger partial charge on any atom is 0.254 e. The molecule has 1 amide bonds. The fourth-order valence-electron chi connectivity index (χ4n) is 3.91. The lowest BCUT2D eigenvalue weighted by molar-refractivity contribution is -0.122. The van der Waals surface area contributed by atoms with Crippen molar-refractivity contribution in [3.63, 3.8) is 0 Å². The molecule has 0 aromatic heterocycles. The molecule has 2 aromatic carbocycles. The van der Waals surface area contributed by atoms with Crippen LogP contribution >= 0.6 is 0 Å². The third kappa shape index (κ3) is 3.06. The SMILES string of the molecule is O=C(CN1CCCCC1)NN=Cc1ccc2c3c(cccc13)CC2. The number of rotatable bonds is 4. The summed E-state index contributed by atoms with van der Waals surface area (Å²) in [4.78, 5) is 14.2. The first-order valence-electron chi connectivity index (χ1n) is 8.89. The van der Waals surface area contributed by atoms with E-state index < -0.39 is 0 Å². The zero-order chi connectivity index (χ0) is 16.4. The van der Waals surface area contributed by atoms with Gasteiger partial charge < -0.3 is 0 Å². The van der Waals surface area contributed by atoms with Gasteiger partial charge in [-0.1, -0.05) is 36.8 Å². The molecule has 0 unspecified atom stereocenters. The maximum absolute atomic E-state index is 12.0. The number of nitrogens with zero attached hydrogens (tertiary/aromatic N) is 2. The van der Waals surface area contributed by atoms with Gasteiger partial charge >= 0.3 is 0 Å². The van der Waals surface area contributed by atoms with Crippen LogP contribution < -0.4 is 5.43 Å². The summed E-state index contributed by atoms with van der Waals surface area (Å²) in [5.41, 5.74) is 6.59. The van der Waals surface area contributed by atoms with E-state index in [1.54, 1.807) is 6.21 Å². The summed E-state index contributed by atoms with van der Waals surface area (Å²) in [5.74, 6) is -0.0286. The van der Waals surface area contributed by atoms with Gasteiger partial charge in [0.15, 0.2) is 0 Å². The van der Waals surface area contributed by atoms with Crippen LogP contribution in [0.1, 0.15) is 36.0 Å². The van der Waals surface area contributed by atoms with E-state index in [1.165, 1.54) is 41.2 Å². The fourth-order valence-corrected chi connectivity index (χ4v) is 3.91. The average Bonchev–Trinajstić information content (AvgIpc) is 3.03. The Morgan fingerprint density at radius 3 is 2.71 bits per heavy atom. The monoisotopic (exact) mass is 321 g/mol. The molecule has 1 aliphatic heterocycles. The van der Waals surface area contributed by atoms with Crippen LogP contribution in [-0.2, 0) is 17.6 Å². The summed E-state index contributed by atoms with van der Waals surface area (Å²) >= 11 is 0. The van der Waals surface area contributed by atoms with Gasteiger partial charge in [-0.3, -0.25) is 9.69 Å². The quantitative estimate of drug-likeness (QED) is 0.695. The molecule has 4 rings (SSSR count). The van der Waals surface area contributed by atoms with Gasteiger partial charge in [-0.05, 0) is 60.7 Å². The number of likely N-dealkylation sites (tertiary alicyclic amines) is 1. The van der Waals surface area contributed by atoms with Crippen molar-refractivity contribution in [2.24, 2.45) is 5.10 Å². The van der Waals surface area contributed by atoms with E-state index in [4.69, 9.17) is 0 Å². The van der Waals surface area contributed by atoms with Gasteiger partial charge in [0.2, 0.25) is 0 Å². The van der Waals surface area contributed by atoms with Crippen LogP contribution in [0.25, 0.3) is 10.8 Å². The Labute approximate surface area is 142 Å². The number of hydrogen-bond acceptors (Lipinski definition) is 3. The predicted octanol–water partition coefficient (Wildman–Crippen LogP) is 2.87. The van der Waals surface area contributed by atoms with Crippen molar-refractivity contribution in [2.75, 3.05) is 19.6 Å². The molecule has 1 saturated heterocycles. The van der Waals surface area contributed by atoms with Crippen LogP contribution in [0.5, 0.6) is 0 Å². The van der Waals surface area contributed by atoms with Gasteiger partial charge in [0.25, 0.3) is 5.91 Å². The molecular formula is C20H23N3O. The Morgan fingerprint density at radius 2 is 1.88 bits per heavy atom. The second kappa shape index (κ2) is 6.73. The largest absolute Gasteiger partial charge is 0.294 e. The number of benzene rings is 2. The summed E-state index contributed by atoms with van der Waals surface area (Å²) in [6.07, 6.45) is 7.69. The maximum atomic E-state index is 12.0. The van der Waals surface area contributed by atoms with Crippen molar-refractivity contribution in [3.05, 3.63) is 47.0 Å². The highest BCUT2D eigenvalue weighted by Gasteiger charge is 2.15. The first kappa shape index (κ1) is 15.3. The van der Waals surface area contributed by atoms with E-state index in [1.807, 2.05) is 0 Å². The molecule has 1 aliphatic carbocycles. The van der Waals surface area contributed by atoms with Crippen molar-refractivity contribution in [1.29, 1.82) is 0 Å². The highest BCUT2D eigenvalue weighted by molar-refractivity contribution is 6.03. The average molecular weight is 321 g/mol. The van der Waals surface area contributed by atoms with E-state index in [0.29, 0.717) is 6.54 Å². The Hall–Kier alpha value is -2.20. The Balaban J connectivity index is 1.45. The minimum atomic E-state index is -0.0286. The van der Waals surface area contributed by atoms with Crippen LogP contribution in [0.4, 0.5) is 0 Å². The third-order valence-corrected chi connectivity index (χ3v) is 5.12. The van der Waals surface area contributed by atoms with Crippen LogP contribution in [0.3, 0.4) is 0 Å². The van der Waals surface area contributed by atoms with Crippen LogP contribution in [-0.4, -0.2) is 36.7 Å². The second-order valence-corrected chi connectivity index (χ2v) is 6.78. The summed E-state index contributed by atoms with van der Waals surface area (Å²) in [6.45, 7) is 2.49. The van der Waals surface area contributed by atoms with Crippen molar-refractivity contribution in [2.45, 2.75) is 32.1 Å². The molecule has 1 fully saturated rings. The van der Waals surface area contributed by atoms with Crippen LogP contribution in [0.15, 0.2) is 35.4 Å². The van der Waals surface area contributed by atoms with Crippen molar-refractivity contribution in [1.82, 2.24) is 10.3 Å². The molecule has 124 valence electrons. The molecular weight excluding hydrogens is 298 g/mol. The number of carbonyl (C=O) groups excluding carboxylic acids is 1. The zero-order valence-electron chi connectivity index (χ0n) is 13.9. The standard InChI is InChI=1S/C20H23N3O/c24-19(14-23-11-2-1-3-12-23)22-21-13-17-10-9-16-8-7-15-5-4-6-18(17)20(15)16/h4-6,9-10,13H,1-3,7-8,11-12,14H2,(H,22,24). The number of nitrogens with one attached hydrogen (secondary N) is 1. The van der Waals surface area contributed by atoms with Gasteiger partial charge in [-0.25, -0.2) is 5.43 Å². The highest BCUT2D eigenvalue weighted by atomic mass is 16.2. The molecule has 0 bridgehead atoms. The normalized spacial score (nSPS) is 17.7. The van der Waals surface area contributed by atoms with E-state index in [-0.39, 0.29) is 5.91 Å². The van der Waals surface area contributed by atoms with Gasteiger partial charge in [0, 0.05) is 5.56 Å². The van der Waals surface area contributed by atoms with Crippen molar-refractivity contribution < 1.29 is 4.79 Å². The van der Waals surface area contributed by atoms with Gasteiger partial charge in [-0.2, -0.15) is 5.10 Å². The van der Waals surface area contributed by atoms with Crippen molar-refractivity contribution >= 4 is 22.9 Å². The highest BCUT2D eigenvalue weighted by Crippen LogP contribution is 2.32. The number of amides is 1. The van der Waals surface area contributed by atoms with Gasteiger partial charge in [0.05, 0.1) is 12.8 Å². The van der Waals surface area contributed by atoms with E-state index in [2.05, 4.69) is 45.8 Å². The number of piperidine rings is 1. The third-order valence-electron chi connectivity index (χ3n) is 5.12. The number of hydrazone groups is 1. The molecule has 4 heteroatoms. The van der Waals surface area contributed by atoms with Crippen LogP contribution in [0.2, 0.25) is 0 Å². The lowest BCUT2D eigenvalue weighted by Crippen LogP contribution is -2.38. The molecule has 4 nitrogen and oxygen atoms in total. The van der Waals surface area contributed by atoms with Crippen molar-refractivity contribution in [3.8, 4) is 0 Å². The van der Waals surface area contributed by atoms with Gasteiger partial charge in [-0.15, -0.1) is 0 Å². The first-order valence-corrected chi connectivity index (χ1v) is 8.89. The Morgan fingerprint density at radius 1 is 1.08 bits per heavy atom. The molecule has 0 spiro atoms. The Bertz CT molecular complexity index is 781. The second-order valence-electron chi connectivity index (χ2n) is 6.78. The van der Waals surface area contributed by atoms with Gasteiger partial charge in [0.1, 0.15) is 0 Å². The van der Waals surface area contributed by atoms with E-state index in [0.717, 1.165) is 31.5 Å². The molecule has 2 aromatic rings. The first-order chi connectivity index (χ1) is 11.8. The smallest absolute Gasteiger partial charge is 0.254 e. The zero-order valence-corrected chi connectivity index (χ0v) is 13.9. The van der Waals surface area contributed by atoms with E-state index in [9.17, 15) is 4.79 Å². The van der Waals surface area contributed by atoms with E-state index >= 15 is 0 Å². The number of aryl methyl sites for hydroxylation is 2. The molecule has 1 heterocycles. The summed E-state index contributed by atoms with van der Waals surface area (Å²) in [5, 5.41) is 6.79. The molecule has 1 N–H and O–H groups in total. The minimum Gasteiger partial charge on any atom is -0.294 e. The molecule has 0 atom stereocenters. The number of hydrogen-bond donors (Lipinski definition) is 1. The minimum absolute atomic E-state index is 0.0286. The number of carbonyl (C=O) groups is 1.